The van der Waals surface area contributed by atoms with Gasteiger partial charge in [0.15, 0.2) is 0 Å². The molecule has 0 amide bonds. The predicted octanol–water partition coefficient (Wildman–Crippen LogP) is 24.8. The monoisotopic (exact) mass is 1440 g/mol. The van der Waals surface area contributed by atoms with Crippen LogP contribution in [0.4, 0.5) is 28.9 Å². The Kier molecular flexibility index (Phi) is 18.9. The molecule has 0 bridgehead atoms. The van der Waals surface area contributed by atoms with Gasteiger partial charge in [-0.3, -0.25) is 20.2 Å². The van der Waals surface area contributed by atoms with Crippen LogP contribution < -0.4 is 4.74 Å². The maximum atomic E-state index is 16.4. The summed E-state index contributed by atoms with van der Waals surface area (Å²) in [7, 11) is 1.48. The lowest BCUT2D eigenvalue weighted by molar-refractivity contribution is -0.384. The third-order valence-corrected chi connectivity index (χ3v) is 19.1. The number of halogens is 6. The Morgan fingerprint density at radius 1 is 0.321 bits per heavy atom. The highest BCUT2D eigenvalue weighted by Crippen LogP contribution is 2.46. The summed E-state index contributed by atoms with van der Waals surface area (Å²) in [6.45, 7) is 0. The van der Waals surface area contributed by atoms with Gasteiger partial charge < -0.3 is 43.0 Å². The smallest absolute Gasteiger partial charge is 0.277 e. The third kappa shape index (κ3) is 11.9. The molecule has 106 heavy (non-hydrogen) atoms. The standard InChI is InChI=1S/C43H27F2N3O3.C42H25F2N3O3.CH2Cl2.2CH3/c1-51-43-21-19-27(47-40-16-8-4-12-30(40)31-13-5-9-17-41(31)47)23-35(43)33-25-36(44)32(24-37(33)45)34-22-26(18-20-42(34)48(49)50)46-38-14-6-2-10-28(38)29-11-3-7-15-39(29)46;43-35-24-32(34-22-26(18-20-42(34)48)46-39-15-7-3-11-29(39)30-12-4-8-16-40(30)46)36(44)23-31(35)33-21-25(17-19-41(33)47(49)50)45-37-13-5-1-9-27(37)28-10-2-6-14-38(28)45;2-1-3;;/h2-25H,1H3;1-24,48H;1H2;2*1H3/q;;;2*-1. The van der Waals surface area contributed by atoms with Crippen LogP contribution in [0.3, 0.4) is 0 Å². The number of benzene rings is 14. The van der Waals surface area contributed by atoms with E-state index in [4.69, 9.17) is 27.9 Å². The lowest BCUT2D eigenvalue weighted by atomic mass is 9.96. The van der Waals surface area contributed by atoms with Gasteiger partial charge in [-0.05, 0) is 133 Å². The largest absolute Gasteiger partial charge is 0.507 e. The molecule has 12 nitrogen and oxygen atoms in total. The molecule has 4 heterocycles. The summed E-state index contributed by atoms with van der Waals surface area (Å²) < 4.78 is 79.0. The molecule has 0 aliphatic heterocycles. The number of nitro groups is 2. The fourth-order valence-corrected chi connectivity index (χ4v) is 14.7. The van der Waals surface area contributed by atoms with Gasteiger partial charge in [0.2, 0.25) is 0 Å². The van der Waals surface area contributed by atoms with Gasteiger partial charge in [-0.15, -0.1) is 23.2 Å². The lowest BCUT2D eigenvalue weighted by Crippen LogP contribution is -2.01. The minimum atomic E-state index is -0.870. The molecule has 0 atom stereocenters. The van der Waals surface area contributed by atoms with Crippen LogP contribution in [0, 0.1) is 58.4 Å². The Labute approximate surface area is 614 Å². The third-order valence-electron chi connectivity index (χ3n) is 19.1. The van der Waals surface area contributed by atoms with Gasteiger partial charge in [-0.25, -0.2) is 17.6 Å². The molecule has 1 N–H and O–H groups in total. The van der Waals surface area contributed by atoms with Crippen LogP contribution >= 0.6 is 23.2 Å². The maximum absolute atomic E-state index is 16.4. The van der Waals surface area contributed by atoms with Crippen molar-refractivity contribution in [2.75, 3.05) is 12.4 Å². The first-order chi connectivity index (χ1) is 50.7. The highest BCUT2D eigenvalue weighted by Gasteiger charge is 2.28. The van der Waals surface area contributed by atoms with Crippen molar-refractivity contribution in [1.29, 1.82) is 0 Å². The van der Waals surface area contributed by atoms with Crippen LogP contribution in [-0.2, 0) is 0 Å². The lowest BCUT2D eigenvalue weighted by Gasteiger charge is -2.16. The first kappa shape index (κ1) is 70.0. The van der Waals surface area contributed by atoms with Gasteiger partial charge in [0.25, 0.3) is 11.4 Å². The molecule has 18 aromatic rings. The molecule has 0 fully saturated rings. The van der Waals surface area contributed by atoms with Crippen molar-refractivity contribution in [1.82, 2.24) is 18.3 Å². The van der Waals surface area contributed by atoms with E-state index in [0.29, 0.717) is 28.4 Å². The molecule has 4 aromatic heterocycles. The number of fused-ring (bicyclic) bond motifs is 12. The molecule has 14 aromatic carbocycles. The zero-order valence-corrected chi connectivity index (χ0v) is 58.4. The highest BCUT2D eigenvalue weighted by atomic mass is 35.5. The summed E-state index contributed by atoms with van der Waals surface area (Å²) in [4.78, 5) is 23.3. The normalized spacial score (nSPS) is 11.2. The SMILES string of the molecule is COc1ccc(-n2c3ccccc3c3ccccc32)cc1-c1cc(F)c(-c2cc(-n3c4ccccc4c4ccccc43)ccc2[N+](=O)[O-])cc1F.ClCCl.O=[N+]([O-])c1ccc(-n2c3ccccc3c3ccccc32)cc1-c1cc(F)c(-c2cc(-n3c4ccccc4c4ccccc43)ccc2O)cc1F.[CH3-].[CH3-]. The van der Waals surface area contributed by atoms with E-state index in [1.807, 2.05) is 202 Å². The van der Waals surface area contributed by atoms with Crippen LogP contribution in [0.25, 0.3) is 154 Å². The van der Waals surface area contributed by atoms with E-state index < -0.39 is 33.1 Å². The Balaban J connectivity index is 0.000000169. The molecule has 0 unspecified atom stereocenters. The minimum Gasteiger partial charge on any atom is -0.507 e. The number of methoxy groups -OCH3 is 1. The first-order valence-electron chi connectivity index (χ1n) is 32.9. The molecule has 18 heteroatoms. The van der Waals surface area contributed by atoms with E-state index in [1.165, 1.54) is 31.4 Å². The predicted molar refractivity (Wildman–Crippen MR) is 423 cm³/mol. The number of para-hydroxylation sites is 8. The van der Waals surface area contributed by atoms with Gasteiger partial charge in [0, 0.05) is 111 Å². The first-order valence-corrected chi connectivity index (χ1v) is 33.9. The van der Waals surface area contributed by atoms with Crippen molar-refractivity contribution in [3.05, 3.63) is 350 Å². The number of hydrogen-bond donors (Lipinski definition) is 1. The van der Waals surface area contributed by atoms with Crippen LogP contribution in [0.1, 0.15) is 0 Å². The molecule has 0 saturated carbocycles. The summed E-state index contributed by atoms with van der Waals surface area (Å²) in [6, 6.07) is 86.4. The topological polar surface area (TPSA) is 135 Å². The maximum Gasteiger partial charge on any atom is 0.277 e. The Bertz CT molecular complexity index is 6330. The zero-order chi connectivity index (χ0) is 71.6. The van der Waals surface area contributed by atoms with Gasteiger partial charge >= 0.3 is 0 Å². The molecule has 0 radical (unpaired) electrons. The van der Waals surface area contributed by atoms with Crippen LogP contribution in [0.2, 0.25) is 0 Å². The van der Waals surface area contributed by atoms with E-state index in [2.05, 4.69) is 16.7 Å². The number of hydrogen-bond acceptors (Lipinski definition) is 6. The molecule has 0 aliphatic rings. The van der Waals surface area contributed by atoms with Crippen LogP contribution in [0.5, 0.6) is 11.5 Å². The van der Waals surface area contributed by atoms with Gasteiger partial charge in [0.1, 0.15) is 34.8 Å². The van der Waals surface area contributed by atoms with E-state index in [0.717, 1.165) is 117 Å². The number of rotatable bonds is 11. The molecule has 0 spiro atoms. The second kappa shape index (κ2) is 28.7. The van der Waals surface area contributed by atoms with Gasteiger partial charge in [-0.2, -0.15) is 0 Å². The van der Waals surface area contributed by atoms with E-state index >= 15 is 17.6 Å². The number of aromatic hydroxyl groups is 1. The molecule has 522 valence electrons. The second-order valence-corrected chi connectivity index (χ2v) is 25.5. The van der Waals surface area contributed by atoms with Gasteiger partial charge in [0.05, 0.1) is 77.6 Å². The minimum absolute atomic E-state index is 0. The number of ether oxygens (including phenoxy) is 1. The Morgan fingerprint density at radius 3 is 0.802 bits per heavy atom. The molecular formula is C88H60Cl2F4N6O6-2. The number of phenolic OH excluding ortho intramolecular Hbond substituents is 1. The number of nitrogens with zero attached hydrogens (tertiary/aromatic N) is 6. The van der Waals surface area contributed by atoms with Crippen molar-refractivity contribution in [2.45, 2.75) is 0 Å². The van der Waals surface area contributed by atoms with Crippen LogP contribution in [0.15, 0.2) is 291 Å². The number of aromatic nitrogens is 4. The molecular weight excluding hydrogens is 1380 g/mol. The molecule has 0 aliphatic carbocycles. The number of alkyl halides is 2. The van der Waals surface area contributed by atoms with E-state index in [-0.39, 0.29) is 76.3 Å². The van der Waals surface area contributed by atoms with Crippen molar-refractivity contribution < 1.29 is 37.3 Å². The average molecular weight is 1440 g/mol. The van der Waals surface area contributed by atoms with Crippen molar-refractivity contribution in [3.63, 3.8) is 0 Å². The molecule has 18 rings (SSSR count). The summed E-state index contributed by atoms with van der Waals surface area (Å²) in [5, 5.41) is 43.9. The van der Waals surface area contributed by atoms with Crippen molar-refractivity contribution >= 4 is 122 Å². The van der Waals surface area contributed by atoms with E-state index in [9.17, 15) is 25.3 Å². The summed E-state index contributed by atoms with van der Waals surface area (Å²) >= 11 is 9.53. The zero-order valence-electron chi connectivity index (χ0n) is 56.9. The Hall–Kier alpha value is -13.0. The highest BCUT2D eigenvalue weighted by molar-refractivity contribution is 6.40. The number of nitro benzene ring substituents is 2. The quantitative estimate of drug-likeness (QED) is 0.0450. The summed E-state index contributed by atoms with van der Waals surface area (Å²) in [6.07, 6.45) is 0. The second-order valence-electron chi connectivity index (χ2n) is 24.7. The fraction of sp³-hybridized carbons (Fsp3) is 0.0227. The van der Waals surface area contributed by atoms with Crippen LogP contribution in [-0.4, -0.2) is 45.7 Å². The fourth-order valence-electron chi connectivity index (χ4n) is 14.7. The molecule has 0 saturated heterocycles. The Morgan fingerprint density at radius 2 is 0.538 bits per heavy atom. The summed E-state index contributed by atoms with van der Waals surface area (Å²) in [5.74, 6) is -3.15. The summed E-state index contributed by atoms with van der Waals surface area (Å²) in [5.41, 5.74) is 8.73. The van der Waals surface area contributed by atoms with Crippen molar-refractivity contribution in [3.8, 4) is 78.8 Å². The average Bonchev–Trinajstić information content (AvgIpc) is 1.47. The van der Waals surface area contributed by atoms with E-state index in [1.54, 1.807) is 42.5 Å². The number of phenols is 1. The van der Waals surface area contributed by atoms with Crippen molar-refractivity contribution in [2.24, 2.45) is 0 Å². The van der Waals surface area contributed by atoms with Gasteiger partial charge in [-0.1, -0.05) is 146 Å².